The van der Waals surface area contributed by atoms with E-state index >= 15 is 0 Å². The molecular weight excluding hydrogens is 357 g/mol. The van der Waals surface area contributed by atoms with Crippen molar-refractivity contribution in [2.24, 2.45) is 11.8 Å². The van der Waals surface area contributed by atoms with Crippen LogP contribution in [0.15, 0.2) is 18.2 Å². The molecule has 1 aliphatic heterocycles. The summed E-state index contributed by atoms with van der Waals surface area (Å²) in [6, 6.07) is 3.88. The van der Waals surface area contributed by atoms with Gasteiger partial charge < -0.3 is 15.4 Å². The van der Waals surface area contributed by atoms with Crippen LogP contribution in [0.4, 0.5) is 13.2 Å². The zero-order valence-electron chi connectivity index (χ0n) is 16.2. The number of carbonyl (C=O) groups excluding carboxylic acids is 1. The monoisotopic (exact) mass is 386 g/mol. The van der Waals surface area contributed by atoms with E-state index in [1.54, 1.807) is 13.8 Å². The number of amides is 1. The summed E-state index contributed by atoms with van der Waals surface area (Å²) >= 11 is 0. The average Bonchev–Trinajstić information content (AvgIpc) is 2.60. The molecule has 0 radical (unpaired) electrons. The minimum absolute atomic E-state index is 0.0407. The summed E-state index contributed by atoms with van der Waals surface area (Å²) in [6.07, 6.45) is -2.22. The number of hydrogen-bond acceptors (Lipinski definition) is 3. The Morgan fingerprint density at radius 3 is 2.67 bits per heavy atom. The molecule has 1 saturated heterocycles. The Hall–Kier alpha value is -1.76. The fraction of sp³-hybridized carbons (Fsp3) is 0.650. The van der Waals surface area contributed by atoms with E-state index in [2.05, 4.69) is 10.6 Å². The van der Waals surface area contributed by atoms with E-state index in [0.29, 0.717) is 12.3 Å². The summed E-state index contributed by atoms with van der Waals surface area (Å²) in [7, 11) is 0. The Morgan fingerprint density at radius 2 is 2.07 bits per heavy atom. The zero-order chi connectivity index (χ0) is 20.0. The van der Waals surface area contributed by atoms with Crippen molar-refractivity contribution in [2.45, 2.75) is 58.9 Å². The van der Waals surface area contributed by atoms with Crippen LogP contribution >= 0.6 is 0 Å². The molecule has 1 fully saturated rings. The fourth-order valence-electron chi connectivity index (χ4n) is 3.41. The Kier molecular flexibility index (Phi) is 7.53. The first-order valence-corrected chi connectivity index (χ1v) is 9.51. The van der Waals surface area contributed by atoms with Gasteiger partial charge in [-0.15, -0.1) is 0 Å². The van der Waals surface area contributed by atoms with Crippen molar-refractivity contribution in [2.75, 3.05) is 13.1 Å². The Balaban J connectivity index is 1.98. The lowest BCUT2D eigenvalue weighted by atomic mass is 9.85. The highest BCUT2D eigenvalue weighted by Gasteiger charge is 2.34. The topological polar surface area (TPSA) is 50.4 Å². The molecule has 0 saturated carbocycles. The third-order valence-corrected chi connectivity index (χ3v) is 4.88. The van der Waals surface area contributed by atoms with Crippen LogP contribution in [0, 0.1) is 11.8 Å². The van der Waals surface area contributed by atoms with Gasteiger partial charge in [-0.1, -0.05) is 13.0 Å². The SMILES string of the molecule is CC(C)Oc1ccc(CNC(=O)CC(C)C2CCCNC2)c(C(F)(F)F)c1. The summed E-state index contributed by atoms with van der Waals surface area (Å²) in [5.74, 6) is 0.582. The van der Waals surface area contributed by atoms with E-state index in [-0.39, 0.29) is 35.8 Å². The third kappa shape index (κ3) is 6.72. The van der Waals surface area contributed by atoms with Crippen molar-refractivity contribution in [3.8, 4) is 5.75 Å². The highest BCUT2D eigenvalue weighted by atomic mass is 19.4. The number of hydrogen-bond donors (Lipinski definition) is 2. The van der Waals surface area contributed by atoms with E-state index in [4.69, 9.17) is 4.74 Å². The molecule has 1 amide bonds. The van der Waals surface area contributed by atoms with Gasteiger partial charge in [0.2, 0.25) is 5.91 Å². The molecule has 1 aromatic carbocycles. The molecule has 152 valence electrons. The number of ether oxygens (including phenoxy) is 1. The van der Waals surface area contributed by atoms with Crippen molar-refractivity contribution >= 4 is 5.91 Å². The summed E-state index contributed by atoms with van der Waals surface area (Å²) < 4.78 is 45.5. The van der Waals surface area contributed by atoms with Gasteiger partial charge in [-0.05, 0) is 69.3 Å². The van der Waals surface area contributed by atoms with Crippen LogP contribution in [-0.4, -0.2) is 25.1 Å². The predicted molar refractivity (Wildman–Crippen MR) is 98.4 cm³/mol. The molecule has 2 unspecified atom stereocenters. The molecule has 1 aromatic rings. The van der Waals surface area contributed by atoms with Gasteiger partial charge in [0.05, 0.1) is 11.7 Å². The van der Waals surface area contributed by atoms with Crippen molar-refractivity contribution in [3.63, 3.8) is 0 Å². The van der Waals surface area contributed by atoms with Crippen LogP contribution < -0.4 is 15.4 Å². The van der Waals surface area contributed by atoms with Gasteiger partial charge in [0, 0.05) is 13.0 Å². The second kappa shape index (κ2) is 9.44. The second-order valence-corrected chi connectivity index (χ2v) is 7.55. The quantitative estimate of drug-likeness (QED) is 0.741. The number of benzene rings is 1. The van der Waals surface area contributed by atoms with E-state index in [0.717, 1.165) is 32.0 Å². The maximum Gasteiger partial charge on any atom is 0.416 e. The number of halogens is 3. The lowest BCUT2D eigenvalue weighted by molar-refractivity contribution is -0.138. The van der Waals surface area contributed by atoms with Gasteiger partial charge in [0.1, 0.15) is 5.75 Å². The molecule has 2 rings (SSSR count). The Morgan fingerprint density at radius 1 is 1.33 bits per heavy atom. The van der Waals surface area contributed by atoms with Crippen molar-refractivity contribution < 1.29 is 22.7 Å². The molecule has 0 aliphatic carbocycles. The van der Waals surface area contributed by atoms with E-state index in [1.165, 1.54) is 12.1 Å². The molecule has 7 heteroatoms. The first kappa shape index (κ1) is 21.5. The molecule has 4 nitrogen and oxygen atoms in total. The minimum Gasteiger partial charge on any atom is -0.491 e. The fourth-order valence-corrected chi connectivity index (χ4v) is 3.41. The second-order valence-electron chi connectivity index (χ2n) is 7.55. The number of nitrogens with one attached hydrogen (secondary N) is 2. The molecule has 0 spiro atoms. The number of rotatable bonds is 7. The van der Waals surface area contributed by atoms with Gasteiger partial charge in [0.15, 0.2) is 0 Å². The first-order valence-electron chi connectivity index (χ1n) is 9.51. The zero-order valence-corrected chi connectivity index (χ0v) is 16.2. The Bertz CT molecular complexity index is 626. The molecular formula is C20H29F3N2O2. The highest BCUT2D eigenvalue weighted by molar-refractivity contribution is 5.76. The molecule has 1 aliphatic rings. The molecule has 2 atom stereocenters. The summed E-state index contributed by atoms with van der Waals surface area (Å²) in [5, 5.41) is 5.96. The minimum atomic E-state index is -4.50. The van der Waals surface area contributed by atoms with Gasteiger partial charge in [-0.25, -0.2) is 0 Å². The molecule has 0 aromatic heterocycles. The lowest BCUT2D eigenvalue weighted by Gasteiger charge is -2.28. The van der Waals surface area contributed by atoms with Crippen LogP contribution in [0.25, 0.3) is 0 Å². The summed E-state index contributed by atoms with van der Waals surface area (Å²) in [6.45, 7) is 7.28. The molecule has 0 bridgehead atoms. The van der Waals surface area contributed by atoms with Crippen molar-refractivity contribution in [1.29, 1.82) is 0 Å². The maximum absolute atomic E-state index is 13.4. The lowest BCUT2D eigenvalue weighted by Crippen LogP contribution is -2.35. The number of piperidine rings is 1. The first-order chi connectivity index (χ1) is 12.7. The van der Waals surface area contributed by atoms with Gasteiger partial charge in [0.25, 0.3) is 0 Å². The van der Waals surface area contributed by atoms with Crippen LogP contribution in [0.2, 0.25) is 0 Å². The largest absolute Gasteiger partial charge is 0.491 e. The van der Waals surface area contributed by atoms with Crippen molar-refractivity contribution in [1.82, 2.24) is 10.6 Å². The van der Waals surface area contributed by atoms with E-state index < -0.39 is 11.7 Å². The van der Waals surface area contributed by atoms with Crippen molar-refractivity contribution in [3.05, 3.63) is 29.3 Å². The normalized spacial score (nSPS) is 19.0. The van der Waals surface area contributed by atoms with Crippen LogP contribution in [0.5, 0.6) is 5.75 Å². The standard InChI is InChI=1S/C20H29F3N2O2/c1-13(2)27-17-7-6-16(18(10-17)20(21,22)23)12-25-19(26)9-14(3)15-5-4-8-24-11-15/h6-7,10,13-15,24H,4-5,8-9,11-12H2,1-3H3,(H,25,26). The number of carbonyl (C=O) groups is 1. The van der Waals surface area contributed by atoms with E-state index in [9.17, 15) is 18.0 Å². The molecule has 1 heterocycles. The summed E-state index contributed by atoms with van der Waals surface area (Å²) in [4.78, 5) is 12.2. The van der Waals surface area contributed by atoms with Gasteiger partial charge in [-0.3, -0.25) is 4.79 Å². The average molecular weight is 386 g/mol. The van der Waals surface area contributed by atoms with Crippen LogP contribution in [0.3, 0.4) is 0 Å². The Labute approximate surface area is 158 Å². The van der Waals surface area contributed by atoms with Gasteiger partial charge in [-0.2, -0.15) is 13.2 Å². The smallest absolute Gasteiger partial charge is 0.416 e. The van der Waals surface area contributed by atoms with Gasteiger partial charge >= 0.3 is 6.18 Å². The van der Waals surface area contributed by atoms with Crippen LogP contribution in [0.1, 0.15) is 51.2 Å². The predicted octanol–water partition coefficient (Wildman–Crippen LogP) is 4.13. The molecule has 2 N–H and O–H groups in total. The van der Waals surface area contributed by atoms with Crippen LogP contribution in [-0.2, 0) is 17.5 Å². The number of alkyl halides is 3. The molecule has 27 heavy (non-hydrogen) atoms. The van der Waals surface area contributed by atoms with E-state index in [1.807, 2.05) is 6.92 Å². The highest BCUT2D eigenvalue weighted by Crippen LogP contribution is 2.34. The summed E-state index contributed by atoms with van der Waals surface area (Å²) in [5.41, 5.74) is -0.732. The third-order valence-electron chi connectivity index (χ3n) is 4.88. The maximum atomic E-state index is 13.4.